The number of ether oxygens (including phenoxy) is 2. The van der Waals surface area contributed by atoms with E-state index < -0.39 is 0 Å². The molecular weight excluding hydrogens is 386 g/mol. The second kappa shape index (κ2) is 8.36. The van der Waals surface area contributed by atoms with E-state index in [1.807, 2.05) is 65.7 Å². The summed E-state index contributed by atoms with van der Waals surface area (Å²) < 4.78 is 16.4. The van der Waals surface area contributed by atoms with Crippen molar-refractivity contribution >= 4 is 28.7 Å². The monoisotopic (exact) mass is 407 g/mol. The van der Waals surface area contributed by atoms with Crippen molar-refractivity contribution in [2.75, 3.05) is 19.5 Å². The second-order valence-corrected chi connectivity index (χ2v) is 6.89. The number of nitrogens with zero attached hydrogens (tertiary/aromatic N) is 2. The van der Waals surface area contributed by atoms with Crippen LogP contribution < -0.4 is 14.8 Å². The lowest BCUT2D eigenvalue weighted by Crippen LogP contribution is -2.31. The quantitative estimate of drug-likeness (QED) is 0.611. The minimum atomic E-state index is -0.0985. The zero-order valence-corrected chi connectivity index (χ0v) is 17.0. The fourth-order valence-corrected chi connectivity index (χ4v) is 3.60. The third-order valence-corrected chi connectivity index (χ3v) is 5.03. The zero-order chi connectivity index (χ0) is 20.2. The van der Waals surface area contributed by atoms with Crippen LogP contribution >= 0.6 is 12.2 Å². The second-order valence-electron chi connectivity index (χ2n) is 6.50. The molecule has 1 aliphatic rings. The van der Waals surface area contributed by atoms with E-state index in [9.17, 15) is 0 Å². The molecule has 148 valence electrons. The molecule has 7 heteroatoms. The van der Waals surface area contributed by atoms with Crippen LogP contribution in [-0.2, 0) is 0 Å². The van der Waals surface area contributed by atoms with Crippen molar-refractivity contribution in [2.24, 2.45) is 5.10 Å². The molecule has 4 rings (SSSR count). The van der Waals surface area contributed by atoms with Crippen LogP contribution in [0.2, 0.25) is 0 Å². The van der Waals surface area contributed by atoms with Gasteiger partial charge >= 0.3 is 0 Å². The minimum absolute atomic E-state index is 0.0985. The molecule has 0 spiro atoms. The summed E-state index contributed by atoms with van der Waals surface area (Å²) in [6, 6.07) is 19.3. The number of furan rings is 1. The molecule has 29 heavy (non-hydrogen) atoms. The van der Waals surface area contributed by atoms with Gasteiger partial charge < -0.3 is 19.2 Å². The summed E-state index contributed by atoms with van der Waals surface area (Å²) in [7, 11) is 3.25. The molecule has 0 bridgehead atoms. The number of para-hydroxylation sites is 1. The van der Waals surface area contributed by atoms with Crippen molar-refractivity contribution in [1.29, 1.82) is 0 Å². The van der Waals surface area contributed by atoms with E-state index in [1.165, 1.54) is 0 Å². The number of nitrogens with one attached hydrogen (secondary N) is 1. The van der Waals surface area contributed by atoms with Crippen molar-refractivity contribution in [3.05, 3.63) is 78.3 Å². The van der Waals surface area contributed by atoms with E-state index in [0.29, 0.717) is 23.0 Å². The minimum Gasteiger partial charge on any atom is -0.493 e. The van der Waals surface area contributed by atoms with Crippen LogP contribution in [0.3, 0.4) is 0 Å². The predicted molar refractivity (Wildman–Crippen MR) is 117 cm³/mol. The normalized spacial score (nSPS) is 15.7. The fourth-order valence-electron chi connectivity index (χ4n) is 3.31. The van der Waals surface area contributed by atoms with E-state index in [2.05, 4.69) is 5.32 Å². The summed E-state index contributed by atoms with van der Waals surface area (Å²) in [4.78, 5) is 0. The number of thiocarbonyl (C=S) groups is 1. The molecule has 2 heterocycles. The number of anilines is 1. The molecule has 0 fully saturated rings. The van der Waals surface area contributed by atoms with Crippen molar-refractivity contribution in [1.82, 2.24) is 5.01 Å². The van der Waals surface area contributed by atoms with Gasteiger partial charge in [-0.3, -0.25) is 0 Å². The van der Waals surface area contributed by atoms with Crippen molar-refractivity contribution in [3.63, 3.8) is 0 Å². The van der Waals surface area contributed by atoms with E-state index >= 15 is 0 Å². The van der Waals surface area contributed by atoms with Gasteiger partial charge in [-0.1, -0.05) is 24.3 Å². The highest BCUT2D eigenvalue weighted by Crippen LogP contribution is 2.37. The largest absolute Gasteiger partial charge is 0.493 e. The molecule has 1 aliphatic heterocycles. The molecule has 0 saturated carbocycles. The maximum absolute atomic E-state index is 5.69. The third kappa shape index (κ3) is 3.95. The van der Waals surface area contributed by atoms with Gasteiger partial charge in [-0.15, -0.1) is 0 Å². The van der Waals surface area contributed by atoms with Gasteiger partial charge in [-0.05, 0) is 54.2 Å². The number of rotatable bonds is 5. The Hall–Kier alpha value is -3.32. The average molecular weight is 407 g/mol. The highest BCUT2D eigenvalue weighted by Gasteiger charge is 2.33. The summed E-state index contributed by atoms with van der Waals surface area (Å²) in [5.41, 5.74) is 2.77. The zero-order valence-electron chi connectivity index (χ0n) is 16.2. The average Bonchev–Trinajstić information content (AvgIpc) is 3.44. The van der Waals surface area contributed by atoms with E-state index in [1.54, 1.807) is 20.5 Å². The van der Waals surface area contributed by atoms with Crippen LogP contribution in [-0.4, -0.2) is 30.1 Å². The predicted octanol–water partition coefficient (Wildman–Crippen LogP) is 4.84. The number of hydrogen-bond acceptors (Lipinski definition) is 5. The van der Waals surface area contributed by atoms with Crippen LogP contribution in [0, 0.1) is 0 Å². The fraction of sp³-hybridized carbons (Fsp3) is 0.182. The maximum Gasteiger partial charge on any atom is 0.194 e. The third-order valence-electron chi connectivity index (χ3n) is 4.74. The molecular formula is C22H21N3O3S. The van der Waals surface area contributed by atoms with Crippen LogP contribution in [0.4, 0.5) is 5.69 Å². The highest BCUT2D eigenvalue weighted by molar-refractivity contribution is 7.80. The lowest BCUT2D eigenvalue weighted by atomic mass is 10.0. The Balaban J connectivity index is 1.67. The smallest absolute Gasteiger partial charge is 0.194 e. The van der Waals surface area contributed by atoms with E-state index in [4.69, 9.17) is 31.2 Å². The number of hydrazone groups is 1. The molecule has 1 N–H and O–H groups in total. The summed E-state index contributed by atoms with van der Waals surface area (Å²) in [6.45, 7) is 0. The molecule has 0 radical (unpaired) electrons. The van der Waals surface area contributed by atoms with Crippen molar-refractivity contribution in [3.8, 4) is 11.5 Å². The molecule has 1 aromatic heterocycles. The first-order valence-corrected chi connectivity index (χ1v) is 9.59. The Morgan fingerprint density at radius 3 is 2.55 bits per heavy atom. The first-order chi connectivity index (χ1) is 14.2. The Morgan fingerprint density at radius 1 is 1.07 bits per heavy atom. The lowest BCUT2D eigenvalue weighted by molar-refractivity contribution is 0.348. The molecule has 6 nitrogen and oxygen atoms in total. The number of methoxy groups -OCH3 is 2. The number of hydrogen-bond donors (Lipinski definition) is 1. The summed E-state index contributed by atoms with van der Waals surface area (Å²) in [5, 5.41) is 10.4. The standard InChI is InChI=1S/C22H21N3O3S/c1-26-20-11-10-15(13-21(20)27-2)18-14-17(19-9-6-12-28-19)24-25(18)22(29)23-16-7-4-3-5-8-16/h3-13,18H,14H2,1-2H3,(H,23,29)/t18-/m0/s1. The molecule has 0 aliphatic carbocycles. The van der Waals surface area contributed by atoms with Gasteiger partial charge in [0.05, 0.1) is 26.5 Å². The van der Waals surface area contributed by atoms with Crippen LogP contribution in [0.1, 0.15) is 23.8 Å². The number of benzene rings is 2. The highest BCUT2D eigenvalue weighted by atomic mass is 32.1. The Labute approximate surface area is 174 Å². The lowest BCUT2D eigenvalue weighted by Gasteiger charge is -2.25. The summed E-state index contributed by atoms with van der Waals surface area (Å²) >= 11 is 5.69. The Bertz CT molecular complexity index is 1020. The first kappa shape index (κ1) is 19.0. The Morgan fingerprint density at radius 2 is 1.86 bits per heavy atom. The van der Waals surface area contributed by atoms with Crippen LogP contribution in [0.5, 0.6) is 11.5 Å². The summed E-state index contributed by atoms with van der Waals surface area (Å²) in [6.07, 6.45) is 2.30. The summed E-state index contributed by atoms with van der Waals surface area (Å²) in [5.74, 6) is 2.08. The molecule has 0 saturated heterocycles. The van der Waals surface area contributed by atoms with Crippen LogP contribution in [0.15, 0.2) is 76.4 Å². The molecule has 0 amide bonds. The van der Waals surface area contributed by atoms with Crippen molar-refractivity contribution < 1.29 is 13.9 Å². The maximum atomic E-state index is 5.69. The molecule has 1 atom stereocenters. The van der Waals surface area contributed by atoms with Gasteiger partial charge in [0, 0.05) is 12.1 Å². The van der Waals surface area contributed by atoms with Gasteiger partial charge in [-0.2, -0.15) is 5.10 Å². The molecule has 3 aromatic rings. The van der Waals surface area contributed by atoms with Crippen LogP contribution in [0.25, 0.3) is 0 Å². The SMILES string of the molecule is COc1ccc([C@@H]2CC(c3ccco3)=NN2C(=S)Nc2ccccc2)cc1OC. The van der Waals surface area contributed by atoms with E-state index in [-0.39, 0.29) is 6.04 Å². The van der Waals surface area contributed by atoms with Gasteiger partial charge in [-0.25, -0.2) is 5.01 Å². The van der Waals surface area contributed by atoms with Gasteiger partial charge in [0.1, 0.15) is 11.5 Å². The van der Waals surface area contributed by atoms with Gasteiger partial charge in [0.15, 0.2) is 16.6 Å². The van der Waals surface area contributed by atoms with Gasteiger partial charge in [0.25, 0.3) is 0 Å². The topological polar surface area (TPSA) is 59.2 Å². The van der Waals surface area contributed by atoms with E-state index in [0.717, 1.165) is 22.7 Å². The van der Waals surface area contributed by atoms with Crippen molar-refractivity contribution in [2.45, 2.75) is 12.5 Å². The first-order valence-electron chi connectivity index (χ1n) is 9.18. The van der Waals surface area contributed by atoms with Gasteiger partial charge in [0.2, 0.25) is 0 Å². The Kier molecular flexibility index (Phi) is 5.48. The molecule has 2 aromatic carbocycles. The molecule has 0 unspecified atom stereocenters.